The van der Waals surface area contributed by atoms with Crippen LogP contribution in [0.3, 0.4) is 0 Å². The zero-order valence-electron chi connectivity index (χ0n) is 84.7. The van der Waals surface area contributed by atoms with E-state index in [4.69, 9.17) is 8.75 Å². The molecule has 0 aliphatic carbocycles. The third-order valence-electron chi connectivity index (χ3n) is 28.5. The molecule has 4 heterocycles. The van der Waals surface area contributed by atoms with Crippen LogP contribution in [0.2, 0.25) is 0 Å². The van der Waals surface area contributed by atoms with E-state index < -0.39 is 0 Å². The Morgan fingerprint density at radius 3 is 0.743 bits per heavy atom. The summed E-state index contributed by atoms with van der Waals surface area (Å²) in [6.45, 7) is 27.2. The zero-order chi connectivity index (χ0) is 101. The van der Waals surface area contributed by atoms with E-state index in [1.165, 1.54) is 178 Å². The summed E-state index contributed by atoms with van der Waals surface area (Å²) in [6, 6.07) is 167. The number of nitrogens with one attached hydrogen (secondary N) is 1. The van der Waals surface area contributed by atoms with Gasteiger partial charge in [0.15, 0.2) is 0 Å². The molecule has 24 aromatic rings. The summed E-state index contributed by atoms with van der Waals surface area (Å²) in [5.74, 6) is 0. The van der Waals surface area contributed by atoms with E-state index in [-0.39, 0.29) is 29.1 Å². The van der Waals surface area contributed by atoms with E-state index in [2.05, 4.69) is 576 Å². The van der Waals surface area contributed by atoms with Crippen LogP contribution in [0.15, 0.2) is 466 Å². The maximum atomic E-state index is 5.01. The molecule has 4 aromatic heterocycles. The third-order valence-corrected chi connectivity index (χ3v) is 30.2. The molecule has 724 valence electrons. The van der Waals surface area contributed by atoms with Crippen molar-refractivity contribution in [3.63, 3.8) is 0 Å². The lowest BCUT2D eigenvalue weighted by Crippen LogP contribution is -2.10. The summed E-state index contributed by atoms with van der Waals surface area (Å²) >= 11 is 6.13. The highest BCUT2D eigenvalue weighted by molar-refractivity contribution is 9.10. The first-order valence-electron chi connectivity index (χ1n) is 50.5. The molecule has 148 heavy (non-hydrogen) atoms. The van der Waals surface area contributed by atoms with Crippen molar-refractivity contribution in [2.24, 2.45) is 0 Å². The van der Waals surface area contributed by atoms with Gasteiger partial charge in [-0.05, 0) is 300 Å². The average Bonchev–Trinajstić information content (AvgIpc) is 1.58. The number of hydrogen-bond acceptors (Lipinski definition) is 8. The number of rotatable bonds is 17. The number of hydrogen-bond donors (Lipinski definition) is 1. The van der Waals surface area contributed by atoms with Crippen molar-refractivity contribution in [1.82, 2.24) is 26.6 Å². The normalized spacial score (nSPS) is 11.8. The van der Waals surface area contributed by atoms with Crippen molar-refractivity contribution >= 4 is 134 Å². The van der Waals surface area contributed by atoms with Crippen molar-refractivity contribution in [1.29, 1.82) is 0 Å². The van der Waals surface area contributed by atoms with E-state index in [9.17, 15) is 0 Å². The minimum atomic E-state index is 0. The van der Waals surface area contributed by atoms with E-state index in [1.54, 1.807) is 0 Å². The highest BCUT2D eigenvalue weighted by Crippen LogP contribution is 2.47. The number of fused-ring (bicyclic) bond motifs is 8. The van der Waals surface area contributed by atoms with Crippen LogP contribution in [0.25, 0.3) is 188 Å². The van der Waals surface area contributed by atoms with Gasteiger partial charge in [-0.15, -0.1) is 0 Å². The lowest BCUT2D eigenvalue weighted by molar-refractivity contribution is 0.590. The topological polar surface area (TPSA) is 76.7 Å². The first-order chi connectivity index (χ1) is 71.3. The molecule has 0 saturated heterocycles. The number of anilines is 5. The Balaban J connectivity index is 0.000000146. The standard InChI is InChI=1S/C68H56N4S.C44H38BrN3S.C24H19N.CH4/c1-67(2,3)54-29-17-49(18-30-54)52-27-40-62-60(43-52)61-44-53(50-19-31-55(32-20-50)68(4,5)6)28-41-63(61)72(62)58-37-25-51(26-38-58)59-39-42-64(66-65(59)69-73-70-66)71(56-33-21-47(22-34-56)45-13-9-7-10-14-45)57-35-23-48(24-36-57)46-15-11-8-12-16-46;1-43(2,3)32-15-7-27(8-16-32)30-13-23-39-36(25-30)37-26-31(28-9-17-33(18-10-28)44(4,5)6)14-24-40(37)48(39)34-19-11-29(12-20-34)35-21-22-38(45)42-41(35)46-49-47-42;1-3-7-19(8-4-1)21-11-15-23(16-12-21)25-24-17-13-22(14-18-24)20-9-5-2-6-10-20;/h7-44H,1-6H3;7-26H,1-6H3;1-18,25H;1H4. The minimum absolute atomic E-state index is 0. The van der Waals surface area contributed by atoms with Crippen molar-refractivity contribution < 1.29 is 0 Å². The van der Waals surface area contributed by atoms with Crippen LogP contribution in [-0.2, 0) is 21.7 Å². The van der Waals surface area contributed by atoms with E-state index >= 15 is 0 Å². The monoisotopic (exact) mass is 2020 g/mol. The van der Waals surface area contributed by atoms with Gasteiger partial charge >= 0.3 is 0 Å². The summed E-state index contributed by atoms with van der Waals surface area (Å²) in [6.07, 6.45) is 0. The lowest BCUT2D eigenvalue weighted by atomic mass is 9.86. The molecular formula is C137H117BrN8S2. The van der Waals surface area contributed by atoms with Crippen LogP contribution in [-0.4, -0.2) is 26.6 Å². The molecule has 0 aliphatic heterocycles. The highest BCUT2D eigenvalue weighted by atomic mass is 79.9. The van der Waals surface area contributed by atoms with Gasteiger partial charge in [-0.25, -0.2) is 0 Å². The fraction of sp³-hybridized carbons (Fsp3) is 0.124. The molecule has 0 fully saturated rings. The van der Waals surface area contributed by atoms with Crippen molar-refractivity contribution in [3.05, 3.63) is 488 Å². The predicted octanol–water partition coefficient (Wildman–Crippen LogP) is 39.7. The summed E-state index contributed by atoms with van der Waals surface area (Å²) in [4.78, 5) is 2.31. The number of halogens is 1. The number of nitrogens with zero attached hydrogens (tertiary/aromatic N) is 7. The second-order valence-corrected chi connectivity index (χ2v) is 44.2. The molecule has 0 bridgehead atoms. The fourth-order valence-electron chi connectivity index (χ4n) is 20.1. The maximum Gasteiger partial charge on any atom is 0.129 e. The summed E-state index contributed by atoms with van der Waals surface area (Å²) in [7, 11) is 0. The van der Waals surface area contributed by atoms with Gasteiger partial charge in [-0.1, -0.05) is 412 Å². The van der Waals surface area contributed by atoms with Crippen LogP contribution in [0.1, 0.15) is 113 Å². The van der Waals surface area contributed by atoms with Gasteiger partial charge in [-0.3, -0.25) is 0 Å². The molecule has 8 nitrogen and oxygen atoms in total. The Labute approximate surface area is 885 Å². The largest absolute Gasteiger partial charge is 0.356 e. The Kier molecular flexibility index (Phi) is 27.1. The molecule has 24 rings (SSSR count). The molecule has 0 radical (unpaired) electrons. The van der Waals surface area contributed by atoms with Gasteiger partial charge in [-0.2, -0.15) is 17.5 Å². The Hall–Kier alpha value is -16.3. The van der Waals surface area contributed by atoms with Crippen LogP contribution in [0, 0.1) is 0 Å². The summed E-state index contributed by atoms with van der Waals surface area (Å²) < 4.78 is 24.9. The lowest BCUT2D eigenvalue weighted by Gasteiger charge is -2.26. The molecule has 0 unspecified atom stereocenters. The quantitative estimate of drug-likeness (QED) is 0.0979. The van der Waals surface area contributed by atoms with Crippen LogP contribution in [0.5, 0.6) is 0 Å². The molecule has 0 aliphatic rings. The average molecular weight is 2020 g/mol. The van der Waals surface area contributed by atoms with Crippen molar-refractivity contribution in [3.8, 4) is 123 Å². The number of aromatic nitrogens is 6. The van der Waals surface area contributed by atoms with Gasteiger partial charge in [0, 0.05) is 71.3 Å². The maximum absolute atomic E-state index is 5.01. The highest BCUT2D eigenvalue weighted by Gasteiger charge is 2.26. The van der Waals surface area contributed by atoms with Crippen molar-refractivity contribution in [2.75, 3.05) is 10.2 Å². The fourth-order valence-corrected chi connectivity index (χ4v) is 21.8. The predicted molar refractivity (Wildman–Crippen MR) is 638 cm³/mol. The molecular weight excluding hydrogens is 1900 g/mol. The Morgan fingerprint density at radius 2 is 0.453 bits per heavy atom. The van der Waals surface area contributed by atoms with Crippen LogP contribution < -0.4 is 10.2 Å². The molecule has 20 aromatic carbocycles. The molecule has 0 amide bonds. The first-order valence-corrected chi connectivity index (χ1v) is 52.7. The molecule has 1 N–H and O–H groups in total. The third kappa shape index (κ3) is 20.3. The van der Waals surface area contributed by atoms with E-state index in [0.29, 0.717) is 0 Å². The zero-order valence-corrected chi connectivity index (χ0v) is 87.9. The van der Waals surface area contributed by atoms with Crippen LogP contribution >= 0.6 is 39.4 Å². The second-order valence-electron chi connectivity index (χ2n) is 42.3. The summed E-state index contributed by atoms with van der Waals surface area (Å²) in [5, 5.41) is 8.40. The van der Waals surface area contributed by atoms with Crippen LogP contribution in [0.4, 0.5) is 28.4 Å². The van der Waals surface area contributed by atoms with E-state index in [0.717, 1.165) is 88.6 Å². The van der Waals surface area contributed by atoms with Crippen molar-refractivity contribution in [2.45, 2.75) is 112 Å². The first kappa shape index (κ1) is 97.8. The Bertz CT molecular complexity index is 8450. The van der Waals surface area contributed by atoms with Gasteiger partial charge in [0.1, 0.15) is 22.1 Å². The van der Waals surface area contributed by atoms with Gasteiger partial charge in [0.25, 0.3) is 0 Å². The molecule has 0 atom stereocenters. The molecule has 0 spiro atoms. The second kappa shape index (κ2) is 41.0. The SMILES string of the molecule is C.CC(C)(C)c1ccc(-c2ccc3c(c2)c2cc(-c4ccc(C(C)(C)C)cc4)ccc2n3-c2ccc(-c3ccc(Br)c4nsnc34)cc2)cc1.CC(C)(C)c1ccc(-c2ccc3c(c2)c2cc(-c4ccc(C(C)(C)C)cc4)ccc2n3-c2ccc(-c3ccc(N(c4ccc(-c5ccccc5)cc4)c4ccc(-c5ccccc5)cc4)c4nsnc34)cc2)cc1.c1ccc(-c2ccc(Nc3ccc(-c4ccccc4)cc3)cc2)cc1. The number of benzene rings is 20. The van der Waals surface area contributed by atoms with Gasteiger partial charge in [0.2, 0.25) is 0 Å². The molecule has 11 heteroatoms. The smallest absolute Gasteiger partial charge is 0.129 e. The Morgan fingerprint density at radius 1 is 0.223 bits per heavy atom. The van der Waals surface area contributed by atoms with Gasteiger partial charge in [0.05, 0.1) is 51.2 Å². The minimum Gasteiger partial charge on any atom is -0.356 e. The van der Waals surface area contributed by atoms with Gasteiger partial charge < -0.3 is 19.4 Å². The summed E-state index contributed by atoms with van der Waals surface area (Å²) in [5.41, 5.74) is 45.2. The molecule has 0 saturated carbocycles. The van der Waals surface area contributed by atoms with E-state index in [1.807, 2.05) is 12.1 Å².